The van der Waals surface area contributed by atoms with Crippen LogP contribution in [0, 0.1) is 0 Å². The number of carbonyl (C=O) groups excluding carboxylic acids is 2. The minimum absolute atomic E-state index is 0.365. The molecule has 0 saturated carbocycles. The van der Waals surface area contributed by atoms with Gasteiger partial charge in [-0.25, -0.2) is 4.79 Å². The molecular weight excluding hydrogens is 342 g/mol. The van der Waals surface area contributed by atoms with Gasteiger partial charge in [-0.05, 0) is 42.2 Å². The smallest absolute Gasteiger partial charge is 0.331 e. The molecule has 0 heterocycles. The van der Waals surface area contributed by atoms with Gasteiger partial charge in [0.05, 0.1) is 12.3 Å². The Bertz CT molecular complexity index is 794. The van der Waals surface area contributed by atoms with Gasteiger partial charge in [0.25, 0.3) is 5.91 Å². The lowest BCUT2D eigenvalue weighted by atomic mass is 10.0. The van der Waals surface area contributed by atoms with E-state index in [4.69, 9.17) is 9.47 Å². The van der Waals surface area contributed by atoms with E-state index in [-0.39, 0.29) is 6.61 Å². The number of rotatable bonds is 8. The Kier molecular flexibility index (Phi) is 7.62. The minimum atomic E-state index is -0.573. The number of esters is 1. The van der Waals surface area contributed by atoms with Crippen molar-refractivity contribution in [3.8, 4) is 5.75 Å². The summed E-state index contributed by atoms with van der Waals surface area (Å²) < 4.78 is 10.4. The van der Waals surface area contributed by atoms with E-state index in [1.54, 1.807) is 24.3 Å². The van der Waals surface area contributed by atoms with Crippen LogP contribution in [-0.4, -0.2) is 25.1 Å². The molecule has 2 aromatic carbocycles. The van der Waals surface area contributed by atoms with Crippen molar-refractivity contribution in [1.29, 1.82) is 0 Å². The van der Waals surface area contributed by atoms with Gasteiger partial charge in [0, 0.05) is 6.08 Å². The Hall–Kier alpha value is -3.08. The third kappa shape index (κ3) is 6.62. The van der Waals surface area contributed by atoms with Crippen molar-refractivity contribution < 1.29 is 19.1 Å². The minimum Gasteiger partial charge on any atom is -0.492 e. The summed E-state index contributed by atoms with van der Waals surface area (Å²) in [7, 11) is 0. The maximum Gasteiger partial charge on any atom is 0.331 e. The highest BCUT2D eigenvalue weighted by Gasteiger charge is 2.09. The number of anilines is 1. The van der Waals surface area contributed by atoms with E-state index in [1.165, 1.54) is 11.6 Å². The van der Waals surface area contributed by atoms with Gasteiger partial charge in [0.15, 0.2) is 6.61 Å². The molecule has 0 aromatic heterocycles. The van der Waals surface area contributed by atoms with Gasteiger partial charge in [-0.1, -0.05) is 50.2 Å². The van der Waals surface area contributed by atoms with Gasteiger partial charge in [-0.15, -0.1) is 0 Å². The number of benzene rings is 2. The van der Waals surface area contributed by atoms with Crippen molar-refractivity contribution in [3.63, 3.8) is 0 Å². The predicted molar refractivity (Wildman–Crippen MR) is 107 cm³/mol. The molecule has 2 aromatic rings. The molecule has 5 nitrogen and oxygen atoms in total. The predicted octanol–water partition coefficient (Wildman–Crippen LogP) is 4.40. The van der Waals surface area contributed by atoms with Crippen LogP contribution in [-0.2, 0) is 14.3 Å². The standard InChI is InChI=1S/C22H25NO4/c1-4-26-20-8-6-5-7-19(20)23-21(24)15-27-22(25)14-11-17-9-12-18(13-10-17)16(2)3/h5-14,16H,4,15H2,1-3H3,(H,23,24)/b14-11+. The van der Waals surface area contributed by atoms with E-state index < -0.39 is 11.9 Å². The summed E-state index contributed by atoms with van der Waals surface area (Å²) in [5, 5.41) is 2.68. The van der Waals surface area contributed by atoms with E-state index in [0.717, 1.165) is 5.56 Å². The normalized spacial score (nSPS) is 10.8. The van der Waals surface area contributed by atoms with Crippen molar-refractivity contribution in [2.45, 2.75) is 26.7 Å². The maximum absolute atomic E-state index is 12.0. The average Bonchev–Trinajstić information content (AvgIpc) is 2.67. The van der Waals surface area contributed by atoms with E-state index in [0.29, 0.717) is 24.0 Å². The first-order valence-electron chi connectivity index (χ1n) is 8.96. The van der Waals surface area contributed by atoms with Crippen molar-refractivity contribution >= 4 is 23.6 Å². The molecule has 2 rings (SSSR count). The zero-order valence-electron chi connectivity index (χ0n) is 15.9. The second-order valence-corrected chi connectivity index (χ2v) is 6.24. The Morgan fingerprint density at radius 3 is 2.44 bits per heavy atom. The summed E-state index contributed by atoms with van der Waals surface area (Å²) in [6, 6.07) is 15.0. The first-order valence-corrected chi connectivity index (χ1v) is 8.96. The second-order valence-electron chi connectivity index (χ2n) is 6.24. The quantitative estimate of drug-likeness (QED) is 0.555. The molecule has 0 aliphatic heterocycles. The number of para-hydroxylation sites is 2. The Labute approximate surface area is 160 Å². The molecule has 0 fully saturated rings. The van der Waals surface area contributed by atoms with Gasteiger partial charge in [-0.2, -0.15) is 0 Å². The monoisotopic (exact) mass is 367 g/mol. The molecular formula is C22H25NO4. The van der Waals surface area contributed by atoms with Crippen LogP contribution in [0.4, 0.5) is 5.69 Å². The van der Waals surface area contributed by atoms with E-state index in [2.05, 4.69) is 19.2 Å². The third-order valence-corrected chi connectivity index (χ3v) is 3.82. The molecule has 27 heavy (non-hydrogen) atoms. The fourth-order valence-corrected chi connectivity index (χ4v) is 2.38. The van der Waals surface area contributed by atoms with E-state index >= 15 is 0 Å². The number of hydrogen-bond acceptors (Lipinski definition) is 4. The number of nitrogens with one attached hydrogen (secondary N) is 1. The van der Waals surface area contributed by atoms with Crippen LogP contribution >= 0.6 is 0 Å². The third-order valence-electron chi connectivity index (χ3n) is 3.82. The fraction of sp³-hybridized carbons (Fsp3) is 0.273. The SMILES string of the molecule is CCOc1ccccc1NC(=O)COC(=O)/C=C/c1ccc(C(C)C)cc1. The molecule has 0 bridgehead atoms. The fourth-order valence-electron chi connectivity index (χ4n) is 2.38. The zero-order valence-corrected chi connectivity index (χ0v) is 15.9. The number of amides is 1. The van der Waals surface area contributed by atoms with Crippen molar-refractivity contribution in [2.24, 2.45) is 0 Å². The summed E-state index contributed by atoms with van der Waals surface area (Å²) in [6.45, 7) is 6.24. The highest BCUT2D eigenvalue weighted by molar-refractivity contribution is 5.95. The second kappa shape index (κ2) is 10.2. The molecule has 0 spiro atoms. The van der Waals surface area contributed by atoms with Crippen molar-refractivity contribution in [3.05, 3.63) is 65.7 Å². The molecule has 0 atom stereocenters. The average molecular weight is 367 g/mol. The molecule has 1 amide bonds. The van der Waals surface area contributed by atoms with Crippen LogP contribution in [0.5, 0.6) is 5.75 Å². The van der Waals surface area contributed by atoms with Gasteiger partial charge in [0.2, 0.25) is 0 Å². The Morgan fingerprint density at radius 1 is 1.07 bits per heavy atom. The van der Waals surface area contributed by atoms with Crippen molar-refractivity contribution in [2.75, 3.05) is 18.5 Å². The largest absolute Gasteiger partial charge is 0.492 e. The van der Waals surface area contributed by atoms with Gasteiger partial charge in [0.1, 0.15) is 5.75 Å². The molecule has 0 aliphatic rings. The lowest BCUT2D eigenvalue weighted by Crippen LogP contribution is -2.20. The highest BCUT2D eigenvalue weighted by atomic mass is 16.5. The lowest BCUT2D eigenvalue weighted by Gasteiger charge is -2.11. The summed E-state index contributed by atoms with van der Waals surface area (Å²) >= 11 is 0. The first kappa shape index (κ1) is 20.2. The Morgan fingerprint density at radius 2 is 1.78 bits per heavy atom. The topological polar surface area (TPSA) is 64.6 Å². The number of ether oxygens (including phenoxy) is 2. The van der Waals surface area contributed by atoms with Gasteiger partial charge in [-0.3, -0.25) is 4.79 Å². The number of hydrogen-bond donors (Lipinski definition) is 1. The zero-order chi connectivity index (χ0) is 19.6. The van der Waals surface area contributed by atoms with Gasteiger partial charge < -0.3 is 14.8 Å². The summed E-state index contributed by atoms with van der Waals surface area (Å²) in [6.07, 6.45) is 2.97. The van der Waals surface area contributed by atoms with E-state index in [9.17, 15) is 9.59 Å². The lowest BCUT2D eigenvalue weighted by molar-refractivity contribution is -0.142. The van der Waals surface area contributed by atoms with E-state index in [1.807, 2.05) is 37.3 Å². The molecule has 0 aliphatic carbocycles. The van der Waals surface area contributed by atoms with Crippen LogP contribution in [0.1, 0.15) is 37.8 Å². The first-order chi connectivity index (χ1) is 13.0. The van der Waals surface area contributed by atoms with Gasteiger partial charge >= 0.3 is 5.97 Å². The summed E-state index contributed by atoms with van der Waals surface area (Å²) in [4.78, 5) is 23.8. The molecule has 5 heteroatoms. The molecule has 0 saturated heterocycles. The van der Waals surface area contributed by atoms with Crippen LogP contribution in [0.15, 0.2) is 54.6 Å². The van der Waals surface area contributed by atoms with Crippen LogP contribution in [0.25, 0.3) is 6.08 Å². The molecule has 142 valence electrons. The highest BCUT2D eigenvalue weighted by Crippen LogP contribution is 2.23. The summed E-state index contributed by atoms with van der Waals surface area (Å²) in [5.41, 5.74) is 2.67. The van der Waals surface area contributed by atoms with Crippen LogP contribution in [0.2, 0.25) is 0 Å². The molecule has 0 radical (unpaired) electrons. The molecule has 0 unspecified atom stereocenters. The number of carbonyl (C=O) groups is 2. The van der Waals surface area contributed by atoms with Crippen LogP contribution in [0.3, 0.4) is 0 Å². The van der Waals surface area contributed by atoms with Crippen molar-refractivity contribution in [1.82, 2.24) is 0 Å². The Balaban J connectivity index is 1.83. The maximum atomic E-state index is 12.0. The van der Waals surface area contributed by atoms with Crippen LogP contribution < -0.4 is 10.1 Å². The molecule has 1 N–H and O–H groups in total. The summed E-state index contributed by atoms with van der Waals surface area (Å²) in [5.74, 6) is 0.0325.